The van der Waals surface area contributed by atoms with E-state index in [1.807, 2.05) is 6.07 Å². The van der Waals surface area contributed by atoms with Crippen LogP contribution in [-0.2, 0) is 14.3 Å². The molecule has 0 bridgehead atoms. The first kappa shape index (κ1) is 20.1. The first-order chi connectivity index (χ1) is 12.4. The molecule has 2 aromatic carbocycles. The maximum atomic E-state index is 12.0. The van der Waals surface area contributed by atoms with Gasteiger partial charge in [-0.3, -0.25) is 4.79 Å². The number of esters is 1. The van der Waals surface area contributed by atoms with Crippen LogP contribution in [0, 0.1) is 0 Å². The summed E-state index contributed by atoms with van der Waals surface area (Å²) < 4.78 is 10.4. The monoisotopic (exact) mass is 395 g/mol. The molecule has 0 aliphatic heterocycles. The van der Waals surface area contributed by atoms with Gasteiger partial charge in [0.05, 0.1) is 6.04 Å². The minimum Gasteiger partial charge on any atom is -0.479 e. The Bertz CT molecular complexity index is 767. The van der Waals surface area contributed by atoms with Crippen LogP contribution in [0.15, 0.2) is 48.5 Å². The average Bonchev–Trinajstić information content (AvgIpc) is 2.60. The number of benzene rings is 2. The van der Waals surface area contributed by atoms with Gasteiger partial charge in [-0.15, -0.1) is 0 Å². The topological polar surface area (TPSA) is 64.6 Å². The first-order valence-corrected chi connectivity index (χ1v) is 8.75. The predicted molar refractivity (Wildman–Crippen MR) is 101 cm³/mol. The molecule has 2 rings (SSSR count). The van der Waals surface area contributed by atoms with Gasteiger partial charge >= 0.3 is 5.97 Å². The van der Waals surface area contributed by atoms with E-state index in [0.717, 1.165) is 5.56 Å². The summed E-state index contributed by atoms with van der Waals surface area (Å²) in [6.07, 6.45) is -0.826. The number of hydrogen-bond acceptors (Lipinski definition) is 4. The Morgan fingerprint density at radius 2 is 1.77 bits per heavy atom. The van der Waals surface area contributed by atoms with Gasteiger partial charge < -0.3 is 14.8 Å². The van der Waals surface area contributed by atoms with Gasteiger partial charge in [0.2, 0.25) is 0 Å². The third-order valence-electron chi connectivity index (χ3n) is 3.54. The number of hydrogen-bond donors (Lipinski definition) is 1. The van der Waals surface area contributed by atoms with Crippen LogP contribution in [0.5, 0.6) is 5.75 Å². The van der Waals surface area contributed by atoms with Gasteiger partial charge in [-0.05, 0) is 43.7 Å². The number of para-hydroxylation sites is 1. The van der Waals surface area contributed by atoms with Gasteiger partial charge in [0.15, 0.2) is 12.7 Å². The van der Waals surface area contributed by atoms with Gasteiger partial charge in [-0.2, -0.15) is 0 Å². The van der Waals surface area contributed by atoms with Crippen molar-refractivity contribution in [3.8, 4) is 5.75 Å². The molecule has 2 atom stereocenters. The minimum atomic E-state index is -0.826. The number of rotatable bonds is 7. The lowest BCUT2D eigenvalue weighted by molar-refractivity contribution is -0.154. The van der Waals surface area contributed by atoms with Crippen LogP contribution in [0.25, 0.3) is 0 Å². The zero-order valence-corrected chi connectivity index (χ0v) is 15.9. The molecule has 0 saturated heterocycles. The van der Waals surface area contributed by atoms with E-state index in [1.165, 1.54) is 0 Å². The third kappa shape index (κ3) is 5.93. The lowest BCUT2D eigenvalue weighted by Crippen LogP contribution is -2.34. The Morgan fingerprint density at radius 3 is 2.42 bits per heavy atom. The Hall–Kier alpha value is -2.24. The molecule has 0 aliphatic rings. The number of carbonyl (C=O) groups is 2. The van der Waals surface area contributed by atoms with E-state index in [4.69, 9.17) is 32.7 Å². The van der Waals surface area contributed by atoms with Gasteiger partial charge in [0, 0.05) is 10.0 Å². The fourth-order valence-electron chi connectivity index (χ4n) is 2.22. The maximum Gasteiger partial charge on any atom is 0.347 e. The zero-order chi connectivity index (χ0) is 19.1. The van der Waals surface area contributed by atoms with Crippen LogP contribution < -0.4 is 10.1 Å². The summed E-state index contributed by atoms with van der Waals surface area (Å²) >= 11 is 12.0. The number of nitrogens with one attached hydrogen (secondary N) is 1. The molecular weight excluding hydrogens is 377 g/mol. The molecule has 0 heterocycles. The minimum absolute atomic E-state index is 0.357. The lowest BCUT2D eigenvalue weighted by Gasteiger charge is -2.17. The van der Waals surface area contributed by atoms with E-state index in [2.05, 4.69) is 5.32 Å². The Labute approximate surface area is 162 Å². The average molecular weight is 396 g/mol. The summed E-state index contributed by atoms with van der Waals surface area (Å²) in [5.74, 6) is -0.516. The molecule has 0 radical (unpaired) electrons. The fraction of sp³-hybridized carbons (Fsp3) is 0.263. The summed E-state index contributed by atoms with van der Waals surface area (Å²) in [6.45, 7) is 2.93. The lowest BCUT2D eigenvalue weighted by atomic mass is 10.1. The van der Waals surface area contributed by atoms with E-state index < -0.39 is 24.6 Å². The summed E-state index contributed by atoms with van der Waals surface area (Å²) in [5, 5.41) is 3.68. The van der Waals surface area contributed by atoms with Crippen molar-refractivity contribution in [1.29, 1.82) is 0 Å². The summed E-state index contributed by atoms with van der Waals surface area (Å²) in [4.78, 5) is 23.9. The second kappa shape index (κ2) is 9.46. The molecule has 0 spiro atoms. The number of carbonyl (C=O) groups excluding carboxylic acids is 2. The highest BCUT2D eigenvalue weighted by molar-refractivity contribution is 6.35. The van der Waals surface area contributed by atoms with E-state index in [0.29, 0.717) is 15.8 Å². The van der Waals surface area contributed by atoms with Crippen LogP contribution in [0.4, 0.5) is 0 Å². The largest absolute Gasteiger partial charge is 0.479 e. The highest BCUT2D eigenvalue weighted by Gasteiger charge is 2.19. The van der Waals surface area contributed by atoms with E-state index in [1.54, 1.807) is 56.3 Å². The Kier molecular flexibility index (Phi) is 7.30. The van der Waals surface area contributed by atoms with Crippen LogP contribution in [0.1, 0.15) is 25.5 Å². The number of halogens is 2. The smallest absolute Gasteiger partial charge is 0.347 e. The molecule has 1 amide bonds. The molecule has 1 N–H and O–H groups in total. The Balaban J connectivity index is 1.81. The first-order valence-electron chi connectivity index (χ1n) is 7.99. The molecule has 0 fully saturated rings. The van der Waals surface area contributed by atoms with Gasteiger partial charge in [-0.1, -0.05) is 47.5 Å². The maximum absolute atomic E-state index is 12.0. The summed E-state index contributed by atoms with van der Waals surface area (Å²) in [5.41, 5.74) is 0.719. The summed E-state index contributed by atoms with van der Waals surface area (Å²) in [6, 6.07) is 13.6. The van der Waals surface area contributed by atoms with Gasteiger partial charge in [-0.25, -0.2) is 4.79 Å². The fourth-order valence-corrected chi connectivity index (χ4v) is 2.79. The van der Waals surface area contributed by atoms with Crippen molar-refractivity contribution >= 4 is 35.1 Å². The van der Waals surface area contributed by atoms with Crippen molar-refractivity contribution in [3.05, 3.63) is 64.1 Å². The Morgan fingerprint density at radius 1 is 1.08 bits per heavy atom. The van der Waals surface area contributed by atoms with Crippen LogP contribution >= 0.6 is 23.2 Å². The van der Waals surface area contributed by atoms with Gasteiger partial charge in [0.1, 0.15) is 5.75 Å². The van der Waals surface area contributed by atoms with Crippen molar-refractivity contribution in [2.45, 2.75) is 26.0 Å². The van der Waals surface area contributed by atoms with Crippen molar-refractivity contribution in [3.63, 3.8) is 0 Å². The van der Waals surface area contributed by atoms with Crippen LogP contribution in [0.2, 0.25) is 10.0 Å². The van der Waals surface area contributed by atoms with Crippen molar-refractivity contribution in [2.75, 3.05) is 6.61 Å². The van der Waals surface area contributed by atoms with E-state index in [-0.39, 0.29) is 6.04 Å². The highest BCUT2D eigenvalue weighted by atomic mass is 35.5. The molecule has 5 nitrogen and oxygen atoms in total. The molecule has 2 aromatic rings. The second-order valence-electron chi connectivity index (χ2n) is 5.64. The van der Waals surface area contributed by atoms with Crippen molar-refractivity contribution < 1.29 is 19.1 Å². The highest BCUT2D eigenvalue weighted by Crippen LogP contribution is 2.26. The van der Waals surface area contributed by atoms with Crippen molar-refractivity contribution in [1.82, 2.24) is 5.32 Å². The molecule has 0 aliphatic carbocycles. The molecule has 0 unspecified atom stereocenters. The SMILES string of the molecule is C[C@H](NC(=O)COC(=O)[C@@H](C)Oc1ccccc1)c1ccc(Cl)cc1Cl. The standard InChI is InChI=1S/C19H19Cl2NO4/c1-12(16-9-8-14(20)10-17(16)21)22-18(23)11-25-19(24)13(2)26-15-6-4-3-5-7-15/h3-10,12-13H,11H2,1-2H3,(H,22,23)/t12-,13+/m0/s1. The molecule has 138 valence electrons. The molecule has 7 heteroatoms. The normalized spacial score (nSPS) is 12.8. The quantitative estimate of drug-likeness (QED) is 0.714. The van der Waals surface area contributed by atoms with Crippen LogP contribution in [-0.4, -0.2) is 24.6 Å². The predicted octanol–water partition coefficient (Wildman–Crippen LogP) is 4.18. The summed E-state index contributed by atoms with van der Waals surface area (Å²) in [7, 11) is 0. The molecule has 0 aromatic heterocycles. The number of ether oxygens (including phenoxy) is 2. The molecule has 0 saturated carbocycles. The second-order valence-corrected chi connectivity index (χ2v) is 6.48. The van der Waals surface area contributed by atoms with Gasteiger partial charge in [0.25, 0.3) is 5.91 Å². The van der Waals surface area contributed by atoms with E-state index in [9.17, 15) is 9.59 Å². The molecular formula is C19H19Cl2NO4. The van der Waals surface area contributed by atoms with Crippen molar-refractivity contribution in [2.24, 2.45) is 0 Å². The van der Waals surface area contributed by atoms with E-state index >= 15 is 0 Å². The van der Waals surface area contributed by atoms with Crippen LogP contribution in [0.3, 0.4) is 0 Å². The molecule has 26 heavy (non-hydrogen) atoms. The third-order valence-corrected chi connectivity index (χ3v) is 4.10. The number of amides is 1. The zero-order valence-electron chi connectivity index (χ0n) is 14.4.